The minimum Gasteiger partial charge on any atom is -0.393 e. The standard InChI is InChI=1S/C28H39N7O3/c1-19(16-37-2)31-28-30-15-26-24(14-25(35(26)32-28)20-3-5-23(36)6-4-20)21-7-8-29-27(13-21)34-11-9-33(10-12-34)22-17-38-18-22/h7-8,13-15,19-20,22-23,36H,3-6,9-12,16-18H2,1-2H3,(H,31,32)/t19-,20-,23-/m0/s1. The van der Waals surface area contributed by atoms with E-state index in [0.717, 1.165) is 87.5 Å². The molecule has 6 rings (SSSR count). The van der Waals surface area contributed by atoms with Crippen molar-refractivity contribution in [3.8, 4) is 11.1 Å². The summed E-state index contributed by atoms with van der Waals surface area (Å²) in [5, 5.41) is 18.4. The second kappa shape index (κ2) is 11.1. The molecule has 1 atom stereocenters. The molecule has 5 heterocycles. The molecule has 2 aliphatic heterocycles. The van der Waals surface area contributed by atoms with Gasteiger partial charge in [-0.2, -0.15) is 0 Å². The molecule has 1 aliphatic carbocycles. The lowest BCUT2D eigenvalue weighted by molar-refractivity contribution is -0.0660. The largest absolute Gasteiger partial charge is 0.393 e. The van der Waals surface area contributed by atoms with Gasteiger partial charge in [0.2, 0.25) is 5.95 Å². The normalized spacial score (nSPS) is 23.9. The van der Waals surface area contributed by atoms with E-state index in [-0.39, 0.29) is 12.1 Å². The molecule has 3 aromatic heterocycles. The summed E-state index contributed by atoms with van der Waals surface area (Å²) in [5.74, 6) is 1.96. The summed E-state index contributed by atoms with van der Waals surface area (Å²) >= 11 is 0. The number of pyridine rings is 1. The summed E-state index contributed by atoms with van der Waals surface area (Å²) in [5.41, 5.74) is 4.42. The first kappa shape index (κ1) is 25.5. The first-order chi connectivity index (χ1) is 18.6. The number of piperazine rings is 1. The van der Waals surface area contributed by atoms with Gasteiger partial charge < -0.3 is 24.8 Å². The Morgan fingerprint density at radius 2 is 1.89 bits per heavy atom. The third-order valence-corrected chi connectivity index (χ3v) is 8.28. The molecule has 3 aliphatic rings. The quantitative estimate of drug-likeness (QED) is 0.463. The maximum absolute atomic E-state index is 10.1. The fourth-order valence-corrected chi connectivity index (χ4v) is 6.00. The maximum Gasteiger partial charge on any atom is 0.241 e. The average molecular weight is 522 g/mol. The van der Waals surface area contributed by atoms with Crippen molar-refractivity contribution in [3.05, 3.63) is 36.3 Å². The van der Waals surface area contributed by atoms with Crippen LogP contribution in [0.4, 0.5) is 11.8 Å². The highest BCUT2D eigenvalue weighted by Gasteiger charge is 2.30. The van der Waals surface area contributed by atoms with E-state index in [2.05, 4.69) is 49.7 Å². The number of aliphatic hydroxyl groups is 1. The van der Waals surface area contributed by atoms with Crippen molar-refractivity contribution < 1.29 is 14.6 Å². The van der Waals surface area contributed by atoms with Crippen molar-refractivity contribution in [1.29, 1.82) is 0 Å². The van der Waals surface area contributed by atoms with Crippen LogP contribution in [0, 0.1) is 0 Å². The van der Waals surface area contributed by atoms with E-state index in [0.29, 0.717) is 24.5 Å². The van der Waals surface area contributed by atoms with Crippen molar-refractivity contribution in [2.24, 2.45) is 0 Å². The highest BCUT2D eigenvalue weighted by Crippen LogP contribution is 2.38. The lowest BCUT2D eigenvalue weighted by Crippen LogP contribution is -2.56. The Kier molecular flexibility index (Phi) is 7.47. The summed E-state index contributed by atoms with van der Waals surface area (Å²) < 4.78 is 12.7. The van der Waals surface area contributed by atoms with Crippen LogP contribution in [-0.4, -0.2) is 101 Å². The number of methoxy groups -OCH3 is 1. The molecule has 0 unspecified atom stereocenters. The number of nitrogens with zero attached hydrogens (tertiary/aromatic N) is 6. The Morgan fingerprint density at radius 3 is 2.61 bits per heavy atom. The second-order valence-corrected chi connectivity index (χ2v) is 11.0. The van der Waals surface area contributed by atoms with Gasteiger partial charge in [0.15, 0.2) is 0 Å². The van der Waals surface area contributed by atoms with Crippen molar-refractivity contribution in [3.63, 3.8) is 0 Å². The van der Waals surface area contributed by atoms with Crippen LogP contribution in [0.3, 0.4) is 0 Å². The Bertz CT molecular complexity index is 1230. The number of rotatable bonds is 8. The lowest BCUT2D eigenvalue weighted by Gasteiger charge is -2.42. The predicted molar refractivity (Wildman–Crippen MR) is 147 cm³/mol. The number of aliphatic hydroxyl groups excluding tert-OH is 1. The van der Waals surface area contributed by atoms with Gasteiger partial charge in [0, 0.05) is 62.7 Å². The number of anilines is 2. The number of nitrogens with one attached hydrogen (secondary N) is 1. The number of hydrogen-bond acceptors (Lipinski definition) is 9. The molecule has 0 amide bonds. The van der Waals surface area contributed by atoms with Gasteiger partial charge in [-0.15, -0.1) is 5.10 Å². The van der Waals surface area contributed by atoms with E-state index < -0.39 is 0 Å². The van der Waals surface area contributed by atoms with Crippen LogP contribution < -0.4 is 10.2 Å². The third-order valence-electron chi connectivity index (χ3n) is 8.28. The molecule has 1 saturated carbocycles. The molecule has 0 radical (unpaired) electrons. The summed E-state index contributed by atoms with van der Waals surface area (Å²) in [6, 6.07) is 7.25. The van der Waals surface area contributed by atoms with Gasteiger partial charge >= 0.3 is 0 Å². The molecule has 3 aromatic rings. The van der Waals surface area contributed by atoms with Gasteiger partial charge in [0.05, 0.1) is 43.7 Å². The van der Waals surface area contributed by atoms with Gasteiger partial charge in [-0.25, -0.2) is 14.5 Å². The second-order valence-electron chi connectivity index (χ2n) is 11.0. The van der Waals surface area contributed by atoms with E-state index in [1.165, 1.54) is 5.69 Å². The van der Waals surface area contributed by atoms with Crippen molar-refractivity contribution >= 4 is 17.3 Å². The monoisotopic (exact) mass is 521 g/mol. The smallest absolute Gasteiger partial charge is 0.241 e. The first-order valence-corrected chi connectivity index (χ1v) is 13.9. The summed E-state index contributed by atoms with van der Waals surface area (Å²) in [6.07, 6.45) is 7.21. The number of ether oxygens (including phenoxy) is 2. The Labute approximate surface area is 224 Å². The molecule has 0 aromatic carbocycles. The first-order valence-electron chi connectivity index (χ1n) is 13.9. The van der Waals surface area contributed by atoms with Crippen LogP contribution >= 0.6 is 0 Å². The zero-order valence-electron chi connectivity index (χ0n) is 22.4. The van der Waals surface area contributed by atoms with Crippen molar-refractivity contribution in [2.75, 3.05) is 63.3 Å². The number of fused-ring (bicyclic) bond motifs is 1. The van der Waals surface area contributed by atoms with Crippen LogP contribution in [0.1, 0.15) is 44.2 Å². The Hall–Kier alpha value is -2.79. The average Bonchev–Trinajstić information content (AvgIpc) is 3.28. The van der Waals surface area contributed by atoms with E-state index in [9.17, 15) is 5.11 Å². The Morgan fingerprint density at radius 1 is 1.11 bits per heavy atom. The molecule has 10 nitrogen and oxygen atoms in total. The molecule has 3 fully saturated rings. The SMILES string of the molecule is COC[C@H](C)Nc1ncc2c(-c3ccnc(N4CCN(C5COC5)CC4)c3)cc([C@H]3CC[C@H](O)CC3)n2n1. The molecule has 0 spiro atoms. The van der Waals surface area contributed by atoms with Crippen LogP contribution in [-0.2, 0) is 9.47 Å². The topological polar surface area (TPSA) is 100 Å². The number of aromatic nitrogens is 4. The zero-order chi connectivity index (χ0) is 26.1. The van der Waals surface area contributed by atoms with Gasteiger partial charge in [-0.3, -0.25) is 4.90 Å². The third kappa shape index (κ3) is 5.22. The maximum atomic E-state index is 10.1. The van der Waals surface area contributed by atoms with Gasteiger partial charge in [-0.1, -0.05) is 0 Å². The van der Waals surface area contributed by atoms with E-state index in [1.54, 1.807) is 7.11 Å². The minimum atomic E-state index is -0.196. The van der Waals surface area contributed by atoms with Crippen molar-refractivity contribution in [2.45, 2.75) is 56.7 Å². The van der Waals surface area contributed by atoms with Crippen LogP contribution in [0.5, 0.6) is 0 Å². The summed E-state index contributed by atoms with van der Waals surface area (Å²) in [7, 11) is 1.70. The molecule has 38 heavy (non-hydrogen) atoms. The van der Waals surface area contributed by atoms with Crippen LogP contribution in [0.15, 0.2) is 30.6 Å². The lowest BCUT2D eigenvalue weighted by atomic mass is 9.85. The van der Waals surface area contributed by atoms with Gasteiger partial charge in [0.25, 0.3) is 0 Å². The molecular formula is C28H39N7O3. The van der Waals surface area contributed by atoms with Crippen LogP contribution in [0.2, 0.25) is 0 Å². The fraction of sp³-hybridized carbons (Fsp3) is 0.607. The minimum absolute atomic E-state index is 0.0980. The molecule has 2 N–H and O–H groups in total. The Balaban J connectivity index is 1.30. The number of hydrogen-bond donors (Lipinski definition) is 2. The predicted octanol–water partition coefficient (Wildman–Crippen LogP) is 2.78. The van der Waals surface area contributed by atoms with E-state index in [4.69, 9.17) is 19.6 Å². The van der Waals surface area contributed by atoms with E-state index in [1.807, 2.05) is 12.4 Å². The summed E-state index contributed by atoms with van der Waals surface area (Å²) in [6.45, 7) is 8.38. The van der Waals surface area contributed by atoms with Gasteiger partial charge in [-0.05, 0) is 56.4 Å². The highest BCUT2D eigenvalue weighted by atomic mass is 16.5. The zero-order valence-corrected chi connectivity index (χ0v) is 22.4. The highest BCUT2D eigenvalue weighted by molar-refractivity contribution is 5.82. The summed E-state index contributed by atoms with van der Waals surface area (Å²) in [4.78, 5) is 14.3. The van der Waals surface area contributed by atoms with E-state index >= 15 is 0 Å². The molecule has 204 valence electrons. The fourth-order valence-electron chi connectivity index (χ4n) is 6.00. The molecule has 10 heteroatoms. The molecular weight excluding hydrogens is 482 g/mol. The molecule has 2 saturated heterocycles. The van der Waals surface area contributed by atoms with Gasteiger partial charge in [0.1, 0.15) is 5.82 Å². The van der Waals surface area contributed by atoms with Crippen LogP contribution in [0.25, 0.3) is 16.6 Å². The molecule has 0 bridgehead atoms. The van der Waals surface area contributed by atoms with Crippen molar-refractivity contribution in [1.82, 2.24) is 24.5 Å².